The number of amides is 1. The van der Waals surface area contributed by atoms with Gasteiger partial charge in [0, 0.05) is 30.5 Å². The molecule has 5 nitrogen and oxygen atoms in total. The van der Waals surface area contributed by atoms with Crippen molar-refractivity contribution < 1.29 is 9.53 Å². The van der Waals surface area contributed by atoms with Crippen LogP contribution in [0, 0.1) is 5.92 Å². The molecular formula is C19H23N3O2. The molecule has 1 aliphatic carbocycles. The van der Waals surface area contributed by atoms with Crippen LogP contribution in [0.4, 0.5) is 5.69 Å². The van der Waals surface area contributed by atoms with E-state index < -0.39 is 0 Å². The van der Waals surface area contributed by atoms with Gasteiger partial charge in [-0.2, -0.15) is 0 Å². The number of hydrogen-bond donors (Lipinski definition) is 2. The molecule has 3 N–H and O–H groups in total. The zero-order chi connectivity index (χ0) is 16.8. The topological polar surface area (TPSA) is 77.2 Å². The summed E-state index contributed by atoms with van der Waals surface area (Å²) in [4.78, 5) is 16.1. The highest BCUT2D eigenvalue weighted by atomic mass is 16.5. The molecule has 1 fully saturated rings. The summed E-state index contributed by atoms with van der Waals surface area (Å²) in [6.07, 6.45) is 7.20. The van der Waals surface area contributed by atoms with Gasteiger partial charge in [0.2, 0.25) is 5.91 Å². The lowest BCUT2D eigenvalue weighted by atomic mass is 10.00. The van der Waals surface area contributed by atoms with E-state index in [1.807, 2.05) is 36.4 Å². The number of ether oxygens (including phenoxy) is 1. The SMILES string of the molecule is N[C@@H]1CCC[C@H]1CC(=O)Nc1ccc(OCc2ccncc2)cc1. The summed E-state index contributed by atoms with van der Waals surface area (Å²) in [5, 5.41) is 2.93. The fraction of sp³-hybridized carbons (Fsp3) is 0.368. The third-order valence-corrected chi connectivity index (χ3v) is 4.46. The lowest BCUT2D eigenvalue weighted by Crippen LogP contribution is -2.28. The first-order valence-corrected chi connectivity index (χ1v) is 8.38. The highest BCUT2D eigenvalue weighted by molar-refractivity contribution is 5.90. The molecule has 0 aliphatic heterocycles. The maximum Gasteiger partial charge on any atom is 0.224 e. The standard InChI is InChI=1S/C19H23N3O2/c20-18-3-1-2-15(18)12-19(23)22-16-4-6-17(7-5-16)24-13-14-8-10-21-11-9-14/h4-11,15,18H,1-3,12-13,20H2,(H,22,23)/t15-,18+/m0/s1. The number of nitrogens with two attached hydrogens (primary N) is 1. The van der Waals surface area contributed by atoms with Crippen LogP contribution in [0.5, 0.6) is 5.75 Å². The van der Waals surface area contributed by atoms with Crippen molar-refractivity contribution in [1.29, 1.82) is 0 Å². The quantitative estimate of drug-likeness (QED) is 0.855. The van der Waals surface area contributed by atoms with Gasteiger partial charge in [0.25, 0.3) is 0 Å². The van der Waals surface area contributed by atoms with Crippen molar-refractivity contribution in [1.82, 2.24) is 4.98 Å². The van der Waals surface area contributed by atoms with Crippen molar-refractivity contribution in [3.05, 3.63) is 54.4 Å². The number of carbonyl (C=O) groups is 1. The van der Waals surface area contributed by atoms with Crippen LogP contribution in [0.25, 0.3) is 0 Å². The number of carbonyl (C=O) groups excluding carboxylic acids is 1. The summed E-state index contributed by atoms with van der Waals surface area (Å²) in [7, 11) is 0. The van der Waals surface area contributed by atoms with E-state index in [1.54, 1.807) is 12.4 Å². The van der Waals surface area contributed by atoms with Crippen LogP contribution in [0.1, 0.15) is 31.2 Å². The van der Waals surface area contributed by atoms with Crippen molar-refractivity contribution in [3.8, 4) is 5.75 Å². The first-order chi connectivity index (χ1) is 11.7. The summed E-state index contributed by atoms with van der Waals surface area (Å²) in [6, 6.07) is 11.4. The largest absolute Gasteiger partial charge is 0.489 e. The summed E-state index contributed by atoms with van der Waals surface area (Å²) in [5.41, 5.74) is 7.87. The van der Waals surface area contributed by atoms with E-state index in [4.69, 9.17) is 10.5 Å². The predicted octanol–water partition coefficient (Wildman–Crippen LogP) is 3.12. The number of hydrogen-bond acceptors (Lipinski definition) is 4. The molecule has 0 bridgehead atoms. The Labute approximate surface area is 142 Å². The molecule has 0 radical (unpaired) electrons. The minimum absolute atomic E-state index is 0.0304. The molecular weight excluding hydrogens is 302 g/mol. The van der Waals surface area contributed by atoms with Crippen LogP contribution in [0.15, 0.2) is 48.8 Å². The average molecular weight is 325 g/mol. The molecule has 0 spiro atoms. The molecule has 0 saturated heterocycles. The average Bonchev–Trinajstić information content (AvgIpc) is 3.00. The van der Waals surface area contributed by atoms with Crippen LogP contribution >= 0.6 is 0 Å². The first kappa shape index (κ1) is 16.5. The Kier molecular flexibility index (Phi) is 5.43. The van der Waals surface area contributed by atoms with Crippen molar-refractivity contribution in [2.75, 3.05) is 5.32 Å². The fourth-order valence-corrected chi connectivity index (χ4v) is 3.05. The van der Waals surface area contributed by atoms with Gasteiger partial charge in [-0.3, -0.25) is 9.78 Å². The minimum atomic E-state index is 0.0304. The Balaban J connectivity index is 1.48. The smallest absolute Gasteiger partial charge is 0.224 e. The molecule has 1 heterocycles. The highest BCUT2D eigenvalue weighted by Crippen LogP contribution is 2.27. The maximum absolute atomic E-state index is 12.1. The van der Waals surface area contributed by atoms with Gasteiger partial charge in [-0.25, -0.2) is 0 Å². The van der Waals surface area contributed by atoms with E-state index in [0.29, 0.717) is 18.9 Å². The minimum Gasteiger partial charge on any atom is -0.489 e. The number of anilines is 1. The number of aromatic nitrogens is 1. The Morgan fingerprint density at radius 3 is 2.58 bits per heavy atom. The van der Waals surface area contributed by atoms with Gasteiger partial charge >= 0.3 is 0 Å². The lowest BCUT2D eigenvalue weighted by Gasteiger charge is -2.15. The van der Waals surface area contributed by atoms with E-state index in [2.05, 4.69) is 10.3 Å². The van der Waals surface area contributed by atoms with Crippen LogP contribution < -0.4 is 15.8 Å². The predicted molar refractivity (Wildman–Crippen MR) is 93.6 cm³/mol. The number of nitrogens with zero attached hydrogens (tertiary/aromatic N) is 1. The van der Waals surface area contributed by atoms with Gasteiger partial charge in [-0.05, 0) is 60.7 Å². The normalized spacial score (nSPS) is 19.9. The molecule has 126 valence electrons. The Bertz CT molecular complexity index is 658. The molecule has 0 unspecified atom stereocenters. The third kappa shape index (κ3) is 4.55. The zero-order valence-corrected chi connectivity index (χ0v) is 13.7. The van der Waals surface area contributed by atoms with E-state index in [9.17, 15) is 4.79 Å². The van der Waals surface area contributed by atoms with Crippen LogP contribution in [-0.2, 0) is 11.4 Å². The Morgan fingerprint density at radius 1 is 1.17 bits per heavy atom. The second kappa shape index (κ2) is 7.93. The van der Waals surface area contributed by atoms with Gasteiger partial charge in [0.05, 0.1) is 0 Å². The van der Waals surface area contributed by atoms with E-state index in [1.165, 1.54) is 0 Å². The molecule has 5 heteroatoms. The van der Waals surface area contributed by atoms with Gasteiger partial charge < -0.3 is 15.8 Å². The zero-order valence-electron chi connectivity index (χ0n) is 13.7. The van der Waals surface area contributed by atoms with Gasteiger partial charge in [0.1, 0.15) is 12.4 Å². The Morgan fingerprint density at radius 2 is 1.92 bits per heavy atom. The second-order valence-corrected chi connectivity index (χ2v) is 6.28. The number of pyridine rings is 1. The molecule has 2 aromatic rings. The molecule has 2 atom stereocenters. The molecule has 1 aromatic heterocycles. The third-order valence-electron chi connectivity index (χ3n) is 4.46. The lowest BCUT2D eigenvalue weighted by molar-refractivity contribution is -0.117. The second-order valence-electron chi connectivity index (χ2n) is 6.28. The molecule has 1 saturated carbocycles. The van der Waals surface area contributed by atoms with Crippen LogP contribution in [-0.4, -0.2) is 16.9 Å². The van der Waals surface area contributed by atoms with Gasteiger partial charge in [-0.15, -0.1) is 0 Å². The van der Waals surface area contributed by atoms with E-state index in [0.717, 1.165) is 36.3 Å². The highest BCUT2D eigenvalue weighted by Gasteiger charge is 2.25. The number of rotatable bonds is 6. The first-order valence-electron chi connectivity index (χ1n) is 8.38. The molecule has 1 aliphatic rings. The summed E-state index contributed by atoms with van der Waals surface area (Å²) < 4.78 is 5.72. The molecule has 24 heavy (non-hydrogen) atoms. The van der Waals surface area contributed by atoms with Gasteiger partial charge in [-0.1, -0.05) is 6.42 Å². The van der Waals surface area contributed by atoms with Gasteiger partial charge in [0.15, 0.2) is 0 Å². The van der Waals surface area contributed by atoms with E-state index >= 15 is 0 Å². The fourth-order valence-electron chi connectivity index (χ4n) is 3.05. The van der Waals surface area contributed by atoms with Crippen molar-refractivity contribution in [3.63, 3.8) is 0 Å². The van der Waals surface area contributed by atoms with Crippen LogP contribution in [0.2, 0.25) is 0 Å². The number of benzene rings is 1. The molecule has 1 aromatic carbocycles. The molecule has 3 rings (SSSR count). The summed E-state index contributed by atoms with van der Waals surface area (Å²) >= 11 is 0. The van der Waals surface area contributed by atoms with Crippen molar-refractivity contribution >= 4 is 11.6 Å². The van der Waals surface area contributed by atoms with Crippen molar-refractivity contribution in [2.45, 2.75) is 38.3 Å². The van der Waals surface area contributed by atoms with Crippen LogP contribution in [0.3, 0.4) is 0 Å². The molecule has 1 amide bonds. The maximum atomic E-state index is 12.1. The van der Waals surface area contributed by atoms with Crippen molar-refractivity contribution in [2.24, 2.45) is 11.7 Å². The monoisotopic (exact) mass is 325 g/mol. The number of nitrogens with one attached hydrogen (secondary N) is 1. The van der Waals surface area contributed by atoms with E-state index in [-0.39, 0.29) is 11.9 Å². The Hall–Kier alpha value is -2.40. The summed E-state index contributed by atoms with van der Waals surface area (Å²) in [6.45, 7) is 0.494. The summed E-state index contributed by atoms with van der Waals surface area (Å²) in [5.74, 6) is 1.11.